The summed E-state index contributed by atoms with van der Waals surface area (Å²) in [4.78, 5) is 36.9. The highest BCUT2D eigenvalue weighted by atomic mass is 16.5. The number of ketones is 1. The molecule has 6 heteroatoms. The first-order valence-electron chi connectivity index (χ1n) is 6.22. The van der Waals surface area contributed by atoms with Crippen LogP contribution in [0.2, 0.25) is 0 Å². The zero-order valence-corrected chi connectivity index (χ0v) is 11.0. The van der Waals surface area contributed by atoms with Crippen LogP contribution in [-0.2, 0) is 14.3 Å². The number of piperidine rings is 1. The van der Waals surface area contributed by atoms with E-state index in [1.165, 1.54) is 24.1 Å². The molecule has 1 fully saturated rings. The topological polar surface area (TPSA) is 83.9 Å². The van der Waals surface area contributed by atoms with Crippen LogP contribution in [0.4, 0.5) is 0 Å². The molecule has 0 spiro atoms. The van der Waals surface area contributed by atoms with Crippen molar-refractivity contribution < 1.29 is 24.2 Å². The summed E-state index contributed by atoms with van der Waals surface area (Å²) in [5, 5.41) is 9.68. The van der Waals surface area contributed by atoms with Crippen molar-refractivity contribution in [3.05, 3.63) is 29.8 Å². The molecule has 1 unspecified atom stereocenters. The van der Waals surface area contributed by atoms with Gasteiger partial charge in [0.2, 0.25) is 0 Å². The standard InChI is InChI=1S/C14H15NO5/c1-20-14(19)10-8-15(7-6-12(10)17)13(18)9-4-2-3-5-11(9)16/h2-5,10,16H,6-8H2,1H3. The molecule has 1 N–H and O–H groups in total. The number of methoxy groups -OCH3 is 1. The summed E-state index contributed by atoms with van der Waals surface area (Å²) in [5.74, 6) is -2.32. The number of carbonyl (C=O) groups excluding carboxylic acids is 3. The van der Waals surface area contributed by atoms with Gasteiger partial charge in [0.15, 0.2) is 5.78 Å². The minimum Gasteiger partial charge on any atom is -0.507 e. The number of Topliss-reactive ketones (excluding diaryl/α,β-unsaturated/α-hetero) is 1. The number of nitrogens with zero attached hydrogens (tertiary/aromatic N) is 1. The Balaban J connectivity index is 2.18. The first kappa shape index (κ1) is 14.0. The fraction of sp³-hybridized carbons (Fsp3) is 0.357. The zero-order valence-electron chi connectivity index (χ0n) is 11.0. The van der Waals surface area contributed by atoms with E-state index in [-0.39, 0.29) is 36.6 Å². The molecule has 1 aromatic carbocycles. The van der Waals surface area contributed by atoms with Gasteiger partial charge in [-0.1, -0.05) is 12.1 Å². The van der Waals surface area contributed by atoms with E-state index in [1.54, 1.807) is 12.1 Å². The molecule has 20 heavy (non-hydrogen) atoms. The highest BCUT2D eigenvalue weighted by molar-refractivity contribution is 6.03. The number of phenolic OH excluding ortho intramolecular Hbond substituents is 1. The molecule has 1 heterocycles. The summed E-state index contributed by atoms with van der Waals surface area (Å²) in [6, 6.07) is 6.17. The number of hydrogen-bond acceptors (Lipinski definition) is 5. The summed E-state index contributed by atoms with van der Waals surface area (Å²) in [6.45, 7) is 0.220. The molecular weight excluding hydrogens is 262 g/mol. The van der Waals surface area contributed by atoms with Gasteiger partial charge < -0.3 is 14.7 Å². The van der Waals surface area contributed by atoms with Crippen molar-refractivity contribution in [1.29, 1.82) is 0 Å². The lowest BCUT2D eigenvalue weighted by atomic mass is 9.96. The number of amides is 1. The van der Waals surface area contributed by atoms with Gasteiger partial charge in [-0.3, -0.25) is 14.4 Å². The van der Waals surface area contributed by atoms with Crippen LogP contribution in [0.15, 0.2) is 24.3 Å². The lowest BCUT2D eigenvalue weighted by Crippen LogP contribution is -2.47. The van der Waals surface area contributed by atoms with Crippen molar-refractivity contribution >= 4 is 17.7 Å². The summed E-state index contributed by atoms with van der Waals surface area (Å²) in [5.41, 5.74) is 0.158. The van der Waals surface area contributed by atoms with E-state index in [0.29, 0.717) is 0 Å². The van der Waals surface area contributed by atoms with Gasteiger partial charge in [-0.2, -0.15) is 0 Å². The lowest BCUT2D eigenvalue weighted by molar-refractivity contribution is -0.151. The normalized spacial score (nSPS) is 18.8. The van der Waals surface area contributed by atoms with Crippen LogP contribution >= 0.6 is 0 Å². The number of rotatable bonds is 2. The third kappa shape index (κ3) is 2.64. The third-order valence-corrected chi connectivity index (χ3v) is 3.33. The van der Waals surface area contributed by atoms with Gasteiger partial charge in [0, 0.05) is 19.5 Å². The molecular formula is C14H15NO5. The van der Waals surface area contributed by atoms with Gasteiger partial charge in [-0.25, -0.2) is 0 Å². The summed E-state index contributed by atoms with van der Waals surface area (Å²) in [7, 11) is 1.21. The Kier molecular flexibility index (Phi) is 4.02. The van der Waals surface area contributed by atoms with E-state index in [2.05, 4.69) is 4.74 Å². The first-order chi connectivity index (χ1) is 9.54. The Labute approximate surface area is 115 Å². The lowest BCUT2D eigenvalue weighted by Gasteiger charge is -2.30. The second kappa shape index (κ2) is 5.73. The number of para-hydroxylation sites is 1. The molecule has 1 saturated heterocycles. The number of aromatic hydroxyl groups is 1. The molecule has 0 radical (unpaired) electrons. The minimum absolute atomic E-state index is 0.0152. The molecule has 1 aliphatic rings. The Morgan fingerprint density at radius 2 is 2.05 bits per heavy atom. The Morgan fingerprint density at radius 1 is 1.35 bits per heavy atom. The number of carbonyl (C=O) groups is 3. The molecule has 106 valence electrons. The van der Waals surface area contributed by atoms with Crippen molar-refractivity contribution in [3.63, 3.8) is 0 Å². The second-order valence-electron chi connectivity index (χ2n) is 4.56. The largest absolute Gasteiger partial charge is 0.507 e. The van der Waals surface area contributed by atoms with Gasteiger partial charge in [0.25, 0.3) is 5.91 Å². The van der Waals surface area contributed by atoms with E-state index in [1.807, 2.05) is 0 Å². The molecule has 1 aliphatic heterocycles. The maximum atomic E-state index is 12.3. The molecule has 0 aromatic heterocycles. The van der Waals surface area contributed by atoms with Gasteiger partial charge in [-0.15, -0.1) is 0 Å². The monoisotopic (exact) mass is 277 g/mol. The predicted octanol–water partition coefficient (Wildman–Crippen LogP) is 0.596. The Hall–Kier alpha value is -2.37. The van der Waals surface area contributed by atoms with E-state index >= 15 is 0 Å². The van der Waals surface area contributed by atoms with Crippen LogP contribution in [0.5, 0.6) is 5.75 Å². The molecule has 1 atom stereocenters. The molecule has 0 bridgehead atoms. The van der Waals surface area contributed by atoms with Crippen molar-refractivity contribution in [2.75, 3.05) is 20.2 Å². The van der Waals surface area contributed by atoms with Crippen LogP contribution in [0, 0.1) is 5.92 Å². The quantitative estimate of drug-likeness (QED) is 0.632. The maximum absolute atomic E-state index is 12.3. The number of benzene rings is 1. The summed E-state index contributed by atoms with van der Waals surface area (Å²) >= 11 is 0. The average Bonchev–Trinajstić information content (AvgIpc) is 2.47. The Bertz CT molecular complexity index is 546. The molecule has 1 amide bonds. The molecule has 0 aliphatic carbocycles. The number of esters is 1. The molecule has 2 rings (SSSR count). The van der Waals surface area contributed by atoms with Crippen molar-refractivity contribution in [2.45, 2.75) is 6.42 Å². The zero-order chi connectivity index (χ0) is 14.7. The summed E-state index contributed by atoms with van der Waals surface area (Å²) in [6.07, 6.45) is 0.110. The summed E-state index contributed by atoms with van der Waals surface area (Å²) < 4.78 is 4.57. The number of ether oxygens (including phenoxy) is 1. The van der Waals surface area contributed by atoms with E-state index in [9.17, 15) is 19.5 Å². The van der Waals surface area contributed by atoms with E-state index in [0.717, 1.165) is 0 Å². The van der Waals surface area contributed by atoms with Crippen molar-refractivity contribution in [1.82, 2.24) is 4.90 Å². The molecule has 0 saturated carbocycles. The fourth-order valence-electron chi connectivity index (χ4n) is 2.19. The van der Waals surface area contributed by atoms with Crippen LogP contribution in [0.25, 0.3) is 0 Å². The number of likely N-dealkylation sites (tertiary alicyclic amines) is 1. The van der Waals surface area contributed by atoms with E-state index < -0.39 is 17.8 Å². The maximum Gasteiger partial charge on any atom is 0.318 e. The van der Waals surface area contributed by atoms with Crippen molar-refractivity contribution in [3.8, 4) is 5.75 Å². The average molecular weight is 277 g/mol. The van der Waals surface area contributed by atoms with Crippen LogP contribution in [-0.4, -0.2) is 47.9 Å². The van der Waals surface area contributed by atoms with Gasteiger partial charge in [0.1, 0.15) is 11.7 Å². The first-order valence-corrected chi connectivity index (χ1v) is 6.22. The van der Waals surface area contributed by atoms with Crippen LogP contribution < -0.4 is 0 Å². The SMILES string of the molecule is COC(=O)C1CN(C(=O)c2ccccc2O)CCC1=O. The number of hydrogen-bond donors (Lipinski definition) is 1. The van der Waals surface area contributed by atoms with Gasteiger partial charge in [0.05, 0.1) is 12.7 Å². The highest BCUT2D eigenvalue weighted by Gasteiger charge is 2.36. The fourth-order valence-corrected chi connectivity index (χ4v) is 2.19. The second-order valence-corrected chi connectivity index (χ2v) is 4.56. The Morgan fingerprint density at radius 3 is 2.70 bits per heavy atom. The smallest absolute Gasteiger partial charge is 0.318 e. The third-order valence-electron chi connectivity index (χ3n) is 3.33. The van der Waals surface area contributed by atoms with Crippen molar-refractivity contribution in [2.24, 2.45) is 5.92 Å². The van der Waals surface area contributed by atoms with Crippen LogP contribution in [0.3, 0.4) is 0 Å². The van der Waals surface area contributed by atoms with Gasteiger partial charge in [-0.05, 0) is 12.1 Å². The van der Waals surface area contributed by atoms with Crippen LogP contribution in [0.1, 0.15) is 16.8 Å². The molecule has 6 nitrogen and oxygen atoms in total. The van der Waals surface area contributed by atoms with Gasteiger partial charge >= 0.3 is 5.97 Å². The highest BCUT2D eigenvalue weighted by Crippen LogP contribution is 2.21. The number of phenols is 1. The van der Waals surface area contributed by atoms with E-state index in [4.69, 9.17) is 0 Å². The predicted molar refractivity (Wildman–Crippen MR) is 69.1 cm³/mol. The molecule has 1 aromatic rings. The minimum atomic E-state index is -0.941.